The van der Waals surface area contributed by atoms with Gasteiger partial charge >= 0.3 is 5.97 Å². The van der Waals surface area contributed by atoms with Crippen molar-refractivity contribution in [2.45, 2.75) is 6.92 Å². The van der Waals surface area contributed by atoms with Crippen LogP contribution in [0.4, 0.5) is 0 Å². The lowest BCUT2D eigenvalue weighted by Gasteiger charge is -2.03. The van der Waals surface area contributed by atoms with Gasteiger partial charge in [-0.05, 0) is 48.0 Å². The molecular formula is C17H13ClO3S. The summed E-state index contributed by atoms with van der Waals surface area (Å²) < 4.78 is 11.4. The first-order valence-electron chi connectivity index (χ1n) is 6.63. The second-order valence-corrected chi connectivity index (χ2v) is 6.16. The number of ether oxygens (including phenoxy) is 2. The average molecular weight is 333 g/mol. The zero-order valence-corrected chi connectivity index (χ0v) is 13.6. The Balaban J connectivity index is 2.02. The van der Waals surface area contributed by atoms with Gasteiger partial charge in [-0.1, -0.05) is 11.6 Å². The lowest BCUT2D eigenvalue weighted by molar-refractivity contribution is -0.131. The summed E-state index contributed by atoms with van der Waals surface area (Å²) in [4.78, 5) is 11.9. The summed E-state index contributed by atoms with van der Waals surface area (Å²) in [6.45, 7) is 1.38. The van der Waals surface area contributed by atoms with Crippen LogP contribution in [0, 0.1) is 0 Å². The lowest BCUT2D eigenvalue weighted by atomic mass is 10.1. The normalized spacial score (nSPS) is 10.7. The Kier molecular flexibility index (Phi) is 4.05. The van der Waals surface area contributed by atoms with Crippen LogP contribution in [0.5, 0.6) is 11.5 Å². The molecule has 5 heteroatoms. The standard InChI is InChI=1S/C17H13ClO3S/c1-10(19)21-12-5-3-11(4-6-12)17-16(18)14-8-7-13(20-2)9-15(14)22-17/h3-9H,1-2H3. The van der Waals surface area contributed by atoms with Gasteiger partial charge in [0, 0.05) is 17.0 Å². The minimum atomic E-state index is -0.334. The number of benzene rings is 2. The van der Waals surface area contributed by atoms with Crippen LogP contribution in [0.1, 0.15) is 6.92 Å². The first-order chi connectivity index (χ1) is 10.6. The Labute approximate surface area is 137 Å². The van der Waals surface area contributed by atoms with Crippen LogP contribution in [0.2, 0.25) is 5.02 Å². The summed E-state index contributed by atoms with van der Waals surface area (Å²) in [6.07, 6.45) is 0. The molecule has 3 rings (SSSR count). The quantitative estimate of drug-likeness (QED) is 0.491. The molecule has 2 aromatic carbocycles. The molecule has 1 aromatic heterocycles. The third kappa shape index (κ3) is 2.80. The second-order valence-electron chi connectivity index (χ2n) is 4.73. The summed E-state index contributed by atoms with van der Waals surface area (Å²) in [7, 11) is 1.64. The second kappa shape index (κ2) is 5.99. The number of methoxy groups -OCH3 is 1. The Morgan fingerprint density at radius 3 is 2.41 bits per heavy atom. The van der Waals surface area contributed by atoms with E-state index in [0.717, 1.165) is 31.3 Å². The number of esters is 1. The maximum absolute atomic E-state index is 10.9. The van der Waals surface area contributed by atoms with Crippen molar-refractivity contribution in [1.82, 2.24) is 0 Å². The summed E-state index contributed by atoms with van der Waals surface area (Å²) in [6, 6.07) is 13.1. The fraction of sp³-hybridized carbons (Fsp3) is 0.118. The Hall–Kier alpha value is -2.04. The first kappa shape index (κ1) is 14.9. The maximum atomic E-state index is 10.9. The topological polar surface area (TPSA) is 35.5 Å². The molecule has 0 spiro atoms. The van der Waals surface area contributed by atoms with Crippen LogP contribution in [0.3, 0.4) is 0 Å². The van der Waals surface area contributed by atoms with E-state index >= 15 is 0 Å². The predicted octanol–water partition coefficient (Wildman–Crippen LogP) is 5.16. The van der Waals surface area contributed by atoms with Crippen molar-refractivity contribution < 1.29 is 14.3 Å². The predicted molar refractivity (Wildman–Crippen MR) is 90.1 cm³/mol. The zero-order chi connectivity index (χ0) is 15.7. The number of rotatable bonds is 3. The minimum Gasteiger partial charge on any atom is -0.497 e. The molecule has 0 amide bonds. The molecule has 0 unspecified atom stereocenters. The van der Waals surface area contributed by atoms with E-state index in [1.54, 1.807) is 30.6 Å². The van der Waals surface area contributed by atoms with Crippen LogP contribution in [0.25, 0.3) is 20.5 Å². The molecule has 0 aliphatic carbocycles. The van der Waals surface area contributed by atoms with E-state index < -0.39 is 0 Å². The molecule has 3 nitrogen and oxygen atoms in total. The van der Waals surface area contributed by atoms with Crippen LogP contribution in [0.15, 0.2) is 42.5 Å². The first-order valence-corrected chi connectivity index (χ1v) is 7.83. The van der Waals surface area contributed by atoms with Gasteiger partial charge in [0.05, 0.1) is 17.0 Å². The third-order valence-electron chi connectivity index (χ3n) is 3.21. The average Bonchev–Trinajstić information content (AvgIpc) is 2.84. The summed E-state index contributed by atoms with van der Waals surface area (Å²) in [5.74, 6) is 0.997. The fourth-order valence-corrected chi connectivity index (χ4v) is 3.77. The molecule has 0 fully saturated rings. The van der Waals surface area contributed by atoms with Crippen LogP contribution in [-0.2, 0) is 4.79 Å². The van der Waals surface area contributed by atoms with Gasteiger partial charge in [0.1, 0.15) is 11.5 Å². The maximum Gasteiger partial charge on any atom is 0.308 e. The molecule has 0 N–H and O–H groups in total. The summed E-state index contributed by atoms with van der Waals surface area (Å²) in [5.41, 5.74) is 0.987. The monoisotopic (exact) mass is 332 g/mol. The van der Waals surface area contributed by atoms with Gasteiger partial charge in [-0.2, -0.15) is 0 Å². The van der Waals surface area contributed by atoms with Crippen LogP contribution in [-0.4, -0.2) is 13.1 Å². The van der Waals surface area contributed by atoms with Gasteiger partial charge in [-0.15, -0.1) is 11.3 Å². The molecule has 1 heterocycles. The van der Waals surface area contributed by atoms with Crippen LogP contribution >= 0.6 is 22.9 Å². The molecule has 0 atom stereocenters. The van der Waals surface area contributed by atoms with Gasteiger partial charge in [-0.3, -0.25) is 4.79 Å². The Bertz CT molecular complexity index is 837. The SMILES string of the molecule is COc1ccc2c(Cl)c(-c3ccc(OC(C)=O)cc3)sc2c1. The summed E-state index contributed by atoms with van der Waals surface area (Å²) >= 11 is 8.10. The minimum absolute atomic E-state index is 0.334. The van der Waals surface area contributed by atoms with Crippen molar-refractivity contribution >= 4 is 39.0 Å². The molecule has 112 valence electrons. The molecular weight excluding hydrogens is 320 g/mol. The van der Waals surface area contributed by atoms with Crippen molar-refractivity contribution in [2.75, 3.05) is 7.11 Å². The number of hydrogen-bond acceptors (Lipinski definition) is 4. The Morgan fingerprint density at radius 2 is 1.77 bits per heavy atom. The van der Waals surface area contributed by atoms with Gasteiger partial charge in [-0.25, -0.2) is 0 Å². The van der Waals surface area contributed by atoms with E-state index in [2.05, 4.69) is 0 Å². The highest BCUT2D eigenvalue weighted by Crippen LogP contribution is 2.43. The number of fused-ring (bicyclic) bond motifs is 1. The van der Waals surface area contributed by atoms with Gasteiger partial charge in [0.2, 0.25) is 0 Å². The van der Waals surface area contributed by atoms with Gasteiger partial charge < -0.3 is 9.47 Å². The van der Waals surface area contributed by atoms with E-state index in [0.29, 0.717) is 5.75 Å². The Morgan fingerprint density at radius 1 is 1.09 bits per heavy atom. The molecule has 0 radical (unpaired) electrons. The largest absolute Gasteiger partial charge is 0.497 e. The number of carbonyl (C=O) groups is 1. The van der Waals surface area contributed by atoms with E-state index in [1.165, 1.54) is 6.92 Å². The molecule has 3 aromatic rings. The summed E-state index contributed by atoms with van der Waals surface area (Å²) in [5, 5.41) is 1.73. The van der Waals surface area contributed by atoms with E-state index in [4.69, 9.17) is 21.1 Å². The number of halogens is 1. The highest BCUT2D eigenvalue weighted by atomic mass is 35.5. The fourth-order valence-electron chi connectivity index (χ4n) is 2.20. The number of thiophene rings is 1. The highest BCUT2D eigenvalue weighted by Gasteiger charge is 2.13. The van der Waals surface area contributed by atoms with Crippen molar-refractivity contribution in [2.24, 2.45) is 0 Å². The van der Waals surface area contributed by atoms with Crippen LogP contribution < -0.4 is 9.47 Å². The zero-order valence-electron chi connectivity index (χ0n) is 12.1. The van der Waals surface area contributed by atoms with E-state index in [-0.39, 0.29) is 5.97 Å². The van der Waals surface area contributed by atoms with Crippen molar-refractivity contribution in [3.8, 4) is 21.9 Å². The number of hydrogen-bond donors (Lipinski definition) is 0. The van der Waals surface area contributed by atoms with Gasteiger partial charge in [0.25, 0.3) is 0 Å². The molecule has 0 saturated heterocycles. The van der Waals surface area contributed by atoms with E-state index in [9.17, 15) is 4.79 Å². The van der Waals surface area contributed by atoms with E-state index in [1.807, 2.05) is 30.3 Å². The molecule has 0 saturated carbocycles. The third-order valence-corrected chi connectivity index (χ3v) is 4.92. The molecule has 0 bridgehead atoms. The lowest BCUT2D eigenvalue weighted by Crippen LogP contribution is -2.00. The van der Waals surface area contributed by atoms with Gasteiger partial charge in [0.15, 0.2) is 0 Å². The van der Waals surface area contributed by atoms with Crippen molar-refractivity contribution in [3.63, 3.8) is 0 Å². The molecule has 22 heavy (non-hydrogen) atoms. The molecule has 0 aliphatic rings. The molecule has 0 aliphatic heterocycles. The smallest absolute Gasteiger partial charge is 0.308 e. The highest BCUT2D eigenvalue weighted by molar-refractivity contribution is 7.23. The van der Waals surface area contributed by atoms with Crippen molar-refractivity contribution in [1.29, 1.82) is 0 Å². The number of carbonyl (C=O) groups excluding carboxylic acids is 1. The van der Waals surface area contributed by atoms with Crippen molar-refractivity contribution in [3.05, 3.63) is 47.5 Å².